The van der Waals surface area contributed by atoms with E-state index in [9.17, 15) is 55.5 Å². The van der Waals surface area contributed by atoms with Gasteiger partial charge >= 0.3 is 11.9 Å². The molecular weight excluding hydrogens is 809 g/mol. The second-order valence-corrected chi connectivity index (χ2v) is 16.4. The summed E-state index contributed by atoms with van der Waals surface area (Å²) in [4.78, 5) is 26.9. The summed E-state index contributed by atoms with van der Waals surface area (Å²) in [5.41, 5.74) is 5.91. The number of carboxylic acids is 1. The Morgan fingerprint density at radius 1 is 0.825 bits per heavy atom. The van der Waals surface area contributed by atoms with Crippen LogP contribution in [0.25, 0.3) is 28.3 Å². The molecule has 336 valence electrons. The molecule has 6 rings (SSSR count). The van der Waals surface area contributed by atoms with Gasteiger partial charge in [-0.25, -0.2) is 9.59 Å². The first kappa shape index (κ1) is 46.1. The number of aromatic hydroxyl groups is 8. The molecule has 0 spiro atoms. The maximum absolute atomic E-state index is 14.1. The minimum absolute atomic E-state index is 0.0417. The molecule has 0 fully saturated rings. The molecule has 0 amide bonds. The lowest BCUT2D eigenvalue weighted by Gasteiger charge is -2.31. The number of fused-ring (bicyclic) bond motifs is 4. The van der Waals surface area contributed by atoms with Gasteiger partial charge in [0.15, 0.2) is 40.2 Å². The first-order chi connectivity index (χ1) is 30.2. The maximum atomic E-state index is 14.1. The molecule has 14 nitrogen and oxygen atoms in total. The quantitative estimate of drug-likeness (QED) is 0.0197. The molecule has 0 aliphatic heterocycles. The van der Waals surface area contributed by atoms with Crippen molar-refractivity contribution in [1.29, 1.82) is 0 Å². The van der Waals surface area contributed by atoms with Crippen LogP contribution in [0.2, 0.25) is 0 Å². The number of carbonyl (C=O) groups excluding carboxylic acids is 1. The van der Waals surface area contributed by atoms with E-state index in [1.165, 1.54) is 18.2 Å². The molecule has 0 bridgehead atoms. The zero-order valence-electron chi connectivity index (χ0n) is 35.9. The fourth-order valence-electron chi connectivity index (χ4n) is 9.11. The number of hydrogen-bond acceptors (Lipinski definition) is 13. The highest BCUT2D eigenvalue weighted by atomic mass is 16.6. The number of hydrogen-bond donors (Lipinski definition) is 11. The summed E-state index contributed by atoms with van der Waals surface area (Å²) in [7, 11) is 1.84. The van der Waals surface area contributed by atoms with Gasteiger partial charge in [-0.1, -0.05) is 44.9 Å². The molecule has 0 saturated heterocycles. The Kier molecular flexibility index (Phi) is 14.8. The first-order valence-corrected chi connectivity index (χ1v) is 21.6. The molecule has 63 heavy (non-hydrogen) atoms. The molecule has 11 N–H and O–H groups in total. The van der Waals surface area contributed by atoms with Crippen molar-refractivity contribution < 1.29 is 60.3 Å². The minimum Gasteiger partial charge on any atom is -0.508 e. The molecule has 0 aromatic heterocycles. The van der Waals surface area contributed by atoms with Crippen LogP contribution in [-0.2, 0) is 27.2 Å². The van der Waals surface area contributed by atoms with Gasteiger partial charge in [-0.05, 0) is 152 Å². The fourth-order valence-corrected chi connectivity index (χ4v) is 9.11. The summed E-state index contributed by atoms with van der Waals surface area (Å²) in [6.07, 6.45) is 6.97. The van der Waals surface area contributed by atoms with E-state index >= 15 is 0 Å². The minimum atomic E-state index is -1.82. The number of benzene rings is 4. The van der Waals surface area contributed by atoms with Crippen molar-refractivity contribution in [3.05, 3.63) is 87.5 Å². The number of rotatable bonds is 18. The van der Waals surface area contributed by atoms with Crippen molar-refractivity contribution in [2.75, 3.05) is 26.7 Å². The van der Waals surface area contributed by atoms with Gasteiger partial charge < -0.3 is 61.3 Å². The molecule has 2 aliphatic carbocycles. The van der Waals surface area contributed by atoms with Crippen LogP contribution in [0.3, 0.4) is 0 Å². The van der Waals surface area contributed by atoms with Crippen molar-refractivity contribution in [1.82, 2.24) is 10.6 Å². The van der Waals surface area contributed by atoms with Gasteiger partial charge in [-0.3, -0.25) is 0 Å². The van der Waals surface area contributed by atoms with Crippen LogP contribution in [0.15, 0.2) is 48.5 Å². The Balaban J connectivity index is 1.54. The van der Waals surface area contributed by atoms with Crippen LogP contribution in [0.5, 0.6) is 46.0 Å². The number of esters is 1. The predicted molar refractivity (Wildman–Crippen MR) is 239 cm³/mol. The summed E-state index contributed by atoms with van der Waals surface area (Å²) in [5.74, 6) is -7.30. The zero-order valence-corrected chi connectivity index (χ0v) is 35.9. The molecule has 0 radical (unpaired) electrons. The Morgan fingerprint density at radius 2 is 1.52 bits per heavy atom. The van der Waals surface area contributed by atoms with E-state index in [1.807, 2.05) is 26.1 Å². The molecule has 0 heterocycles. The van der Waals surface area contributed by atoms with Gasteiger partial charge in [-0.15, -0.1) is 0 Å². The number of nitrogens with one attached hydrogen (secondary N) is 2. The number of aliphatic carboxylic acids is 1. The lowest BCUT2D eigenvalue weighted by Crippen LogP contribution is -2.38. The third-order valence-corrected chi connectivity index (χ3v) is 12.2. The van der Waals surface area contributed by atoms with E-state index in [0.717, 1.165) is 41.7 Å². The number of likely N-dealkylation sites (N-methyl/N-ethyl adjacent to an activating group) is 1. The Morgan fingerprint density at radius 3 is 2.21 bits per heavy atom. The fraction of sp³-hybridized carbons (Fsp3) is 0.388. The Bertz CT molecular complexity index is 2400. The SMILES string of the molecule is CCCCCC(=CC(=O)OC(C(=O)O)C(CNCC)c1cc(O)c(O)c(O)c1)c1cc(O)c(O)c2c1C=C(c1cc(O)c(O)c3c1-c1cccc(O)c1CCC3)CC2CCCNC. The number of carbonyl (C=O) groups is 2. The number of phenols is 8. The third kappa shape index (κ3) is 9.82. The van der Waals surface area contributed by atoms with Gasteiger partial charge in [0, 0.05) is 35.2 Å². The summed E-state index contributed by atoms with van der Waals surface area (Å²) in [6.45, 7) is 4.84. The Hall–Kier alpha value is -6.38. The molecule has 4 aromatic rings. The Labute approximate surface area is 366 Å². The van der Waals surface area contributed by atoms with Crippen LogP contribution in [0, 0.1) is 0 Å². The predicted octanol–water partition coefficient (Wildman–Crippen LogP) is 7.87. The zero-order chi connectivity index (χ0) is 45.5. The van der Waals surface area contributed by atoms with Gasteiger partial charge in [0.25, 0.3) is 0 Å². The average molecular weight is 867 g/mol. The highest BCUT2D eigenvalue weighted by Crippen LogP contribution is 2.54. The number of unbranched alkanes of at least 4 members (excludes halogenated alkanes) is 2. The molecule has 3 unspecified atom stereocenters. The third-order valence-electron chi connectivity index (χ3n) is 12.2. The standard InChI is InChI=1S/C49H58N2O12/c1-4-6-7-11-26(22-42(57)63-48(49(61)62)36(25-51-5-2)29-20-38(53)46(59)39(54)21-29)33-23-41(56)47(60)43-27(12-10-17-50-3)18-28(19-35(33)43)34-24-40(55)45(58)32-15-8-13-30-31(44(32)34)14-9-16-37(30)52/h9,14,16,19-24,27,36,48,50-56,58-60H,4-8,10-13,15,17-18,25H2,1-3H3,(H,61,62). The largest absolute Gasteiger partial charge is 0.508 e. The highest BCUT2D eigenvalue weighted by molar-refractivity contribution is 6.00. The molecule has 2 aliphatic rings. The first-order valence-electron chi connectivity index (χ1n) is 21.6. The molecule has 3 atom stereocenters. The van der Waals surface area contributed by atoms with E-state index < -0.39 is 47.0 Å². The van der Waals surface area contributed by atoms with E-state index in [2.05, 4.69) is 10.6 Å². The van der Waals surface area contributed by atoms with Crippen molar-refractivity contribution in [2.24, 2.45) is 0 Å². The second kappa shape index (κ2) is 20.2. The number of phenolic OH excluding ortho intramolecular Hbond substituents is 8. The smallest absolute Gasteiger partial charge is 0.345 e. The molecular formula is C49H58N2O12. The normalized spacial score (nSPS) is 15.6. The van der Waals surface area contributed by atoms with E-state index in [4.69, 9.17) is 4.74 Å². The number of ether oxygens (including phenoxy) is 1. The van der Waals surface area contributed by atoms with Crippen LogP contribution in [0.1, 0.15) is 116 Å². The van der Waals surface area contributed by atoms with Gasteiger partial charge in [0.05, 0.1) is 0 Å². The monoisotopic (exact) mass is 866 g/mol. The second-order valence-electron chi connectivity index (χ2n) is 16.4. The number of allylic oxidation sites excluding steroid dienone is 2. The van der Waals surface area contributed by atoms with Crippen LogP contribution in [-0.4, -0.2) is 90.7 Å². The van der Waals surface area contributed by atoms with Crippen LogP contribution >= 0.6 is 0 Å². The average Bonchev–Trinajstić information content (AvgIpc) is 3.45. The molecule has 0 saturated carbocycles. The van der Waals surface area contributed by atoms with E-state index in [-0.39, 0.29) is 41.0 Å². The van der Waals surface area contributed by atoms with E-state index in [1.54, 1.807) is 19.1 Å². The van der Waals surface area contributed by atoms with Crippen molar-refractivity contribution in [2.45, 2.75) is 96.0 Å². The van der Waals surface area contributed by atoms with E-state index in [0.29, 0.717) is 103 Å². The summed E-state index contributed by atoms with van der Waals surface area (Å²) >= 11 is 0. The number of carboxylic acid groups (broad SMARTS) is 1. The molecule has 4 aromatic carbocycles. The summed E-state index contributed by atoms with van der Waals surface area (Å²) in [5, 5.41) is 104. The van der Waals surface area contributed by atoms with Gasteiger partial charge in [-0.2, -0.15) is 0 Å². The maximum Gasteiger partial charge on any atom is 0.345 e. The van der Waals surface area contributed by atoms with Crippen molar-refractivity contribution in [3.8, 4) is 57.1 Å². The summed E-state index contributed by atoms with van der Waals surface area (Å²) < 4.78 is 5.72. The van der Waals surface area contributed by atoms with Crippen LogP contribution in [0.4, 0.5) is 0 Å². The summed E-state index contributed by atoms with van der Waals surface area (Å²) in [6, 6.07) is 10.4. The van der Waals surface area contributed by atoms with Crippen LogP contribution < -0.4 is 10.6 Å². The molecule has 14 heteroatoms. The van der Waals surface area contributed by atoms with Gasteiger partial charge in [0.1, 0.15) is 5.75 Å². The lowest BCUT2D eigenvalue weighted by atomic mass is 9.74. The van der Waals surface area contributed by atoms with Crippen molar-refractivity contribution in [3.63, 3.8) is 0 Å². The van der Waals surface area contributed by atoms with Crippen molar-refractivity contribution >= 4 is 29.2 Å². The highest BCUT2D eigenvalue weighted by Gasteiger charge is 2.36. The topological polar surface area (TPSA) is 249 Å². The van der Waals surface area contributed by atoms with Gasteiger partial charge in [0.2, 0.25) is 6.10 Å². The lowest BCUT2D eigenvalue weighted by molar-refractivity contribution is -0.162.